The summed E-state index contributed by atoms with van der Waals surface area (Å²) in [5.74, 6) is -0.873. The van der Waals surface area contributed by atoms with Crippen molar-refractivity contribution in [1.29, 1.82) is 0 Å². The molecule has 10 nitrogen and oxygen atoms in total. The SMILES string of the molecule is CC1(C)C(/C=C/C2=C(c3ccc(C(=O)O)cc3)C(=C/C=C3/N(CCCS(=O)(=O)[O-])c4ccc5ccccc5c4C3(C)C)/CC2)=[N+](CCCSOO[O-])c2ccc3ccccc3c21.[Na+]. The molecule has 0 aromatic heterocycles. The fourth-order valence-electron chi connectivity index (χ4n) is 9.86. The predicted octanol–water partition coefficient (Wildman–Crippen LogP) is 6.68. The average molecular weight is 893 g/mol. The number of benzene rings is 5. The molecule has 2 heterocycles. The smallest absolute Gasteiger partial charge is 0.748 e. The van der Waals surface area contributed by atoms with Crippen LogP contribution in [0.3, 0.4) is 0 Å². The summed E-state index contributed by atoms with van der Waals surface area (Å²) in [6, 6.07) is 32.3. The molecule has 0 radical (unpaired) electrons. The number of carboxylic acid groups (broad SMARTS) is 1. The minimum atomic E-state index is -4.39. The van der Waals surface area contributed by atoms with Gasteiger partial charge in [0, 0.05) is 71.0 Å². The summed E-state index contributed by atoms with van der Waals surface area (Å²) in [7, 11) is -4.39. The standard InChI is InChI=1S/C50H50N2O8S2.Na/c1-49(2)43(51(29-9-31-61-60-59-55)41-25-21-33-11-5-7-13-39(33)46(41)49)27-23-36-15-16-37(45(36)35-17-19-38(20-18-35)48(53)54)24-28-44-50(3,4)47-40-14-8-6-12-34(40)22-26-42(47)52(44)30-10-32-62(56,57)58;/h5-8,11-14,17-28H,9-10,15-16,29-32H2,1-4H3,(H2-,53,54,55,56,57,58);/q;+1/p-1. The van der Waals surface area contributed by atoms with E-state index in [2.05, 4.69) is 132 Å². The fourth-order valence-corrected chi connectivity index (χ4v) is 10.7. The molecule has 0 saturated carbocycles. The number of allylic oxidation sites excluding steroid dienone is 8. The Morgan fingerprint density at radius 1 is 0.841 bits per heavy atom. The van der Waals surface area contributed by atoms with Gasteiger partial charge in [0.25, 0.3) is 0 Å². The third kappa shape index (κ3) is 9.29. The van der Waals surface area contributed by atoms with Crippen molar-refractivity contribution in [3.05, 3.63) is 160 Å². The van der Waals surface area contributed by atoms with Gasteiger partial charge in [-0.15, -0.1) is 0 Å². The average Bonchev–Trinajstić information content (AvgIpc) is 3.82. The van der Waals surface area contributed by atoms with Crippen LogP contribution < -0.4 is 39.7 Å². The fraction of sp³-hybridized carbons (Fsp3) is 0.280. The van der Waals surface area contributed by atoms with E-state index in [1.54, 1.807) is 12.1 Å². The summed E-state index contributed by atoms with van der Waals surface area (Å²) in [5, 5.41) is 28.4. The normalized spacial score (nSPS) is 18.0. The van der Waals surface area contributed by atoms with Crippen molar-refractivity contribution in [3.63, 3.8) is 0 Å². The predicted molar refractivity (Wildman–Crippen MR) is 244 cm³/mol. The molecule has 0 fully saturated rings. The van der Waals surface area contributed by atoms with Gasteiger partial charge in [0.05, 0.1) is 21.1 Å². The topological polar surface area (TPSA) is 142 Å². The molecule has 2 aliphatic heterocycles. The van der Waals surface area contributed by atoms with Crippen molar-refractivity contribution in [1.82, 2.24) is 0 Å². The van der Waals surface area contributed by atoms with Gasteiger partial charge in [-0.1, -0.05) is 92.7 Å². The molecule has 8 rings (SSSR count). The molecule has 0 atom stereocenters. The van der Waals surface area contributed by atoms with Gasteiger partial charge in [0.15, 0.2) is 5.71 Å². The number of rotatable bonds is 15. The van der Waals surface area contributed by atoms with Crippen molar-refractivity contribution in [2.45, 2.75) is 64.2 Å². The van der Waals surface area contributed by atoms with Crippen LogP contribution in [0, 0.1) is 0 Å². The first-order valence-electron chi connectivity index (χ1n) is 20.9. The Bertz CT molecular complexity index is 2860. The Morgan fingerprint density at radius 3 is 2.17 bits per heavy atom. The van der Waals surface area contributed by atoms with Crippen LogP contribution in [0.15, 0.2) is 138 Å². The molecule has 0 unspecified atom stereocenters. The van der Waals surface area contributed by atoms with E-state index < -0.39 is 27.3 Å². The minimum Gasteiger partial charge on any atom is -0.748 e. The number of fused-ring (bicyclic) bond motifs is 6. The molecule has 0 amide bonds. The Kier molecular flexibility index (Phi) is 14.1. The molecule has 5 aromatic rings. The van der Waals surface area contributed by atoms with Crippen molar-refractivity contribution in [2.75, 3.05) is 29.5 Å². The van der Waals surface area contributed by atoms with E-state index in [0.717, 1.165) is 92.7 Å². The van der Waals surface area contributed by atoms with Gasteiger partial charge in [-0.2, -0.15) is 8.91 Å². The maximum atomic E-state index is 11.9. The van der Waals surface area contributed by atoms with Crippen LogP contribution in [0.25, 0.3) is 27.1 Å². The van der Waals surface area contributed by atoms with Crippen molar-refractivity contribution in [2.24, 2.45) is 0 Å². The summed E-state index contributed by atoms with van der Waals surface area (Å²) in [4.78, 5) is 14.1. The molecule has 0 bridgehead atoms. The van der Waals surface area contributed by atoms with Gasteiger partial charge in [-0.25, -0.2) is 13.2 Å². The summed E-state index contributed by atoms with van der Waals surface area (Å²) in [6.07, 6.45) is 11.2. The third-order valence-corrected chi connectivity index (χ3v) is 14.0. The Hall–Kier alpha value is -4.34. The third-order valence-electron chi connectivity index (χ3n) is 12.6. The first-order chi connectivity index (χ1) is 29.7. The summed E-state index contributed by atoms with van der Waals surface area (Å²) in [5.41, 5.74) is 10.2. The largest absolute Gasteiger partial charge is 1.00 e. The number of aromatic carboxylic acids is 1. The number of hydrogen-bond acceptors (Lipinski definition) is 9. The zero-order valence-corrected chi connectivity index (χ0v) is 39.9. The molecule has 0 saturated heterocycles. The number of carboxylic acids is 1. The van der Waals surface area contributed by atoms with E-state index in [0.29, 0.717) is 18.8 Å². The Labute approximate surface area is 395 Å². The van der Waals surface area contributed by atoms with Crippen LogP contribution in [-0.2, 0) is 30.3 Å². The van der Waals surface area contributed by atoms with E-state index in [4.69, 9.17) is 0 Å². The molecule has 1 N–H and O–H groups in total. The molecule has 0 spiro atoms. The van der Waals surface area contributed by atoms with Gasteiger partial charge < -0.3 is 19.8 Å². The van der Waals surface area contributed by atoms with Crippen molar-refractivity contribution >= 4 is 72.3 Å². The quantitative estimate of drug-likeness (QED) is 0.0230. The molecule has 13 heteroatoms. The summed E-state index contributed by atoms with van der Waals surface area (Å²) < 4.78 is 42.1. The van der Waals surface area contributed by atoms with Crippen LogP contribution in [0.1, 0.15) is 80.4 Å². The first-order valence-corrected chi connectivity index (χ1v) is 23.3. The Balaban J connectivity index is 0.00000595. The monoisotopic (exact) mass is 892 g/mol. The van der Waals surface area contributed by atoms with E-state index in [-0.39, 0.29) is 47.0 Å². The van der Waals surface area contributed by atoms with Crippen LogP contribution in [0.4, 0.5) is 11.4 Å². The van der Waals surface area contributed by atoms with Gasteiger partial charge in [0.1, 0.15) is 6.54 Å². The Morgan fingerprint density at radius 2 is 1.51 bits per heavy atom. The van der Waals surface area contributed by atoms with Crippen molar-refractivity contribution < 1.29 is 71.6 Å². The van der Waals surface area contributed by atoms with Crippen LogP contribution >= 0.6 is 12.0 Å². The molecule has 3 aliphatic rings. The molecular weight excluding hydrogens is 844 g/mol. The zero-order chi connectivity index (χ0) is 43.8. The minimum absolute atomic E-state index is 0. The van der Waals surface area contributed by atoms with E-state index in [9.17, 15) is 28.1 Å². The molecule has 1 aliphatic carbocycles. The second kappa shape index (κ2) is 19.0. The van der Waals surface area contributed by atoms with Gasteiger partial charge >= 0.3 is 35.5 Å². The number of anilines is 1. The maximum absolute atomic E-state index is 11.9. The number of hydrogen-bond donors (Lipinski definition) is 1. The first kappa shape index (κ1) is 46.6. The molecule has 320 valence electrons. The molecule has 63 heavy (non-hydrogen) atoms. The van der Waals surface area contributed by atoms with Crippen LogP contribution in [-0.4, -0.2) is 58.9 Å². The van der Waals surface area contributed by atoms with Gasteiger partial charge in [-0.3, -0.25) is 5.04 Å². The second-order valence-corrected chi connectivity index (χ2v) is 19.4. The van der Waals surface area contributed by atoms with Gasteiger partial charge in [-0.05, 0) is 113 Å². The maximum Gasteiger partial charge on any atom is 1.00 e. The summed E-state index contributed by atoms with van der Waals surface area (Å²) >= 11 is 0.988. The van der Waals surface area contributed by atoms with Crippen LogP contribution in [0.5, 0.6) is 0 Å². The van der Waals surface area contributed by atoms with E-state index >= 15 is 0 Å². The molecule has 5 aromatic carbocycles. The van der Waals surface area contributed by atoms with Gasteiger partial charge in [0.2, 0.25) is 5.69 Å². The summed E-state index contributed by atoms with van der Waals surface area (Å²) in [6.45, 7) is 9.95. The number of nitrogens with zero attached hydrogens (tertiary/aromatic N) is 2. The zero-order valence-electron chi connectivity index (χ0n) is 36.2. The van der Waals surface area contributed by atoms with Crippen LogP contribution in [0.2, 0.25) is 0 Å². The second-order valence-electron chi connectivity index (χ2n) is 17.1. The van der Waals surface area contributed by atoms with E-state index in [1.165, 1.54) is 16.3 Å². The number of carbonyl (C=O) groups is 1. The van der Waals surface area contributed by atoms with Crippen molar-refractivity contribution in [3.8, 4) is 0 Å². The van der Waals surface area contributed by atoms with E-state index in [1.807, 2.05) is 24.3 Å². The molecular formula is C50H49N2NaO8S2.